The molecule has 0 aliphatic carbocycles. The monoisotopic (exact) mass is 492 g/mol. The Morgan fingerprint density at radius 3 is 1.50 bits per heavy atom. The Labute approximate surface area is 169 Å². The molecule has 0 bridgehead atoms. The van der Waals surface area contributed by atoms with Crippen LogP contribution in [-0.4, -0.2) is 22.8 Å². The smallest absolute Gasteiger partial charge is 0.205 e. The largest absolute Gasteiger partial charge is 1.00 e. The lowest BCUT2D eigenvalue weighted by Crippen LogP contribution is -3.00. The first kappa shape index (κ1) is 23.8. The summed E-state index contributed by atoms with van der Waals surface area (Å²) in [6.07, 6.45) is 11.5. The number of oxime groups is 2. The van der Waals surface area contributed by atoms with Crippen LogP contribution >= 0.6 is 0 Å². The molecule has 0 aliphatic rings. The number of halogens is 4. The van der Waals surface area contributed by atoms with Crippen LogP contribution in [0.3, 0.4) is 0 Å². The number of rotatable bonds is 6. The van der Waals surface area contributed by atoms with Crippen molar-refractivity contribution in [1.82, 2.24) is 0 Å². The summed E-state index contributed by atoms with van der Waals surface area (Å²) in [6, 6.07) is 2.99. The molecule has 2 rings (SSSR count). The third-order valence-electron chi connectivity index (χ3n) is 3.19. The molecule has 26 heavy (non-hydrogen) atoms. The molecule has 0 saturated heterocycles. The van der Waals surface area contributed by atoms with E-state index in [9.17, 15) is 8.78 Å². The standard InChI is InChI=1S/C16H14F2N4O2.2BrH/c17-15-11-21(7-3-13(15)9-19-23)5-1-2-6-22-8-4-14(10-20-24)16(18)12-22;;/h1-4,7-12H,5-6H2;2*1H/b2-1+;;. The van der Waals surface area contributed by atoms with Gasteiger partial charge >= 0.3 is 0 Å². The second-order valence-corrected chi connectivity index (χ2v) is 4.85. The van der Waals surface area contributed by atoms with Gasteiger partial charge in [0.15, 0.2) is 37.1 Å². The molecule has 140 valence electrons. The van der Waals surface area contributed by atoms with Crippen molar-refractivity contribution in [2.24, 2.45) is 10.3 Å². The highest BCUT2D eigenvalue weighted by Gasteiger charge is 2.08. The summed E-state index contributed by atoms with van der Waals surface area (Å²) in [5, 5.41) is 22.4. The molecule has 0 unspecified atom stereocenters. The van der Waals surface area contributed by atoms with Crippen molar-refractivity contribution >= 4 is 12.4 Å². The van der Waals surface area contributed by atoms with Crippen LogP contribution in [0.5, 0.6) is 0 Å². The highest BCUT2D eigenvalue weighted by molar-refractivity contribution is 5.79. The Morgan fingerprint density at radius 2 is 1.19 bits per heavy atom. The molecule has 0 aliphatic heterocycles. The van der Waals surface area contributed by atoms with Gasteiger partial charge in [0.1, 0.15) is 0 Å². The summed E-state index contributed by atoms with van der Waals surface area (Å²) in [7, 11) is 0. The van der Waals surface area contributed by atoms with Crippen molar-refractivity contribution in [1.29, 1.82) is 0 Å². The van der Waals surface area contributed by atoms with E-state index in [1.807, 2.05) is 12.2 Å². The van der Waals surface area contributed by atoms with E-state index < -0.39 is 11.6 Å². The van der Waals surface area contributed by atoms with Crippen molar-refractivity contribution in [2.75, 3.05) is 0 Å². The maximum atomic E-state index is 13.6. The molecule has 2 heterocycles. The van der Waals surface area contributed by atoms with Crippen LogP contribution in [0.2, 0.25) is 0 Å². The van der Waals surface area contributed by atoms with Gasteiger partial charge in [-0.3, -0.25) is 0 Å². The minimum absolute atomic E-state index is 0. The highest BCUT2D eigenvalue weighted by Crippen LogP contribution is 2.01. The van der Waals surface area contributed by atoms with Gasteiger partial charge in [-0.1, -0.05) is 10.3 Å². The number of pyridine rings is 2. The molecular formula is C16H16Br2F2N4O2. The molecule has 0 aromatic carbocycles. The average Bonchev–Trinajstić information content (AvgIpc) is 2.56. The van der Waals surface area contributed by atoms with E-state index in [1.54, 1.807) is 21.5 Å². The fourth-order valence-corrected chi connectivity index (χ4v) is 1.99. The number of nitrogens with zero attached hydrogens (tertiary/aromatic N) is 4. The SMILES string of the molecule is O/N=C/c1cc[n+](C/C=C/C[n+]2ccc(/C=N/O)c(F)c2)cc1F.[Br-].[Br-]. The predicted octanol–water partition coefficient (Wildman–Crippen LogP) is -4.58. The highest BCUT2D eigenvalue weighted by atomic mass is 79.9. The second-order valence-electron chi connectivity index (χ2n) is 4.85. The summed E-state index contributed by atoms with van der Waals surface area (Å²) >= 11 is 0. The lowest BCUT2D eigenvalue weighted by molar-refractivity contribution is -0.692. The minimum atomic E-state index is -0.499. The third kappa shape index (κ3) is 6.96. The predicted molar refractivity (Wildman–Crippen MR) is 81.1 cm³/mol. The zero-order valence-corrected chi connectivity index (χ0v) is 16.6. The fourth-order valence-electron chi connectivity index (χ4n) is 1.99. The van der Waals surface area contributed by atoms with Gasteiger partial charge in [0.25, 0.3) is 0 Å². The van der Waals surface area contributed by atoms with E-state index >= 15 is 0 Å². The van der Waals surface area contributed by atoms with Crippen LogP contribution in [0.25, 0.3) is 0 Å². The molecule has 0 radical (unpaired) electrons. The normalized spacial score (nSPS) is 11.0. The number of hydrogen-bond donors (Lipinski definition) is 2. The molecule has 0 saturated carbocycles. The molecule has 6 nitrogen and oxygen atoms in total. The van der Waals surface area contributed by atoms with Crippen molar-refractivity contribution in [2.45, 2.75) is 13.1 Å². The molecule has 2 aromatic rings. The van der Waals surface area contributed by atoms with Crippen LogP contribution in [0, 0.1) is 11.6 Å². The van der Waals surface area contributed by atoms with Crippen molar-refractivity contribution in [3.63, 3.8) is 0 Å². The quantitative estimate of drug-likeness (QED) is 0.140. The lowest BCUT2D eigenvalue weighted by atomic mass is 10.2. The van der Waals surface area contributed by atoms with E-state index in [2.05, 4.69) is 10.3 Å². The van der Waals surface area contributed by atoms with Crippen molar-refractivity contribution in [3.8, 4) is 0 Å². The summed E-state index contributed by atoms with van der Waals surface area (Å²) in [6.45, 7) is 0.873. The zero-order chi connectivity index (χ0) is 17.4. The van der Waals surface area contributed by atoms with Crippen LogP contribution in [-0.2, 0) is 13.1 Å². The minimum Gasteiger partial charge on any atom is -1.00 e. The van der Waals surface area contributed by atoms with E-state index in [-0.39, 0.29) is 45.1 Å². The van der Waals surface area contributed by atoms with Crippen molar-refractivity contribution in [3.05, 3.63) is 71.8 Å². The summed E-state index contributed by atoms with van der Waals surface area (Å²) in [4.78, 5) is 0. The first-order valence-corrected chi connectivity index (χ1v) is 7.01. The molecule has 0 spiro atoms. The van der Waals surface area contributed by atoms with Gasteiger partial charge in [-0.15, -0.1) is 0 Å². The summed E-state index contributed by atoms with van der Waals surface area (Å²) < 4.78 is 30.5. The first-order chi connectivity index (χ1) is 11.6. The van der Waals surface area contributed by atoms with Gasteiger partial charge in [-0.05, 0) is 12.2 Å². The molecule has 0 amide bonds. The van der Waals surface area contributed by atoms with Gasteiger partial charge in [-0.2, -0.15) is 17.9 Å². The molecule has 2 N–H and O–H groups in total. The topological polar surface area (TPSA) is 72.9 Å². The second kappa shape index (κ2) is 12.2. The van der Waals surface area contributed by atoms with E-state index in [1.165, 1.54) is 24.5 Å². The van der Waals surface area contributed by atoms with E-state index in [0.29, 0.717) is 13.1 Å². The molecule has 2 aromatic heterocycles. The van der Waals surface area contributed by atoms with Gasteiger partial charge in [0.2, 0.25) is 12.4 Å². The van der Waals surface area contributed by atoms with Crippen LogP contribution in [0.4, 0.5) is 8.78 Å². The Morgan fingerprint density at radius 1 is 0.808 bits per heavy atom. The Hall–Kier alpha value is -2.20. The Bertz CT molecular complexity index is 736. The summed E-state index contributed by atoms with van der Waals surface area (Å²) in [5.41, 5.74) is 0.380. The molecular weight excluding hydrogens is 478 g/mol. The van der Waals surface area contributed by atoms with Crippen LogP contribution in [0.1, 0.15) is 11.1 Å². The van der Waals surface area contributed by atoms with E-state index in [4.69, 9.17) is 10.4 Å². The van der Waals surface area contributed by atoms with Gasteiger partial charge in [0, 0.05) is 23.3 Å². The van der Waals surface area contributed by atoms with Crippen LogP contribution in [0.15, 0.2) is 59.4 Å². The maximum absolute atomic E-state index is 13.6. The zero-order valence-electron chi connectivity index (χ0n) is 13.4. The number of hydrogen-bond acceptors (Lipinski definition) is 4. The van der Waals surface area contributed by atoms with Gasteiger partial charge in [0.05, 0.1) is 12.4 Å². The first-order valence-electron chi connectivity index (χ1n) is 7.01. The average molecular weight is 494 g/mol. The van der Waals surface area contributed by atoms with E-state index in [0.717, 1.165) is 12.4 Å². The maximum Gasteiger partial charge on any atom is 0.205 e. The number of allylic oxidation sites excluding steroid dienone is 2. The summed E-state index contributed by atoms with van der Waals surface area (Å²) in [5.74, 6) is -0.998. The van der Waals surface area contributed by atoms with Gasteiger partial charge < -0.3 is 44.4 Å². The van der Waals surface area contributed by atoms with Crippen molar-refractivity contribution < 1.29 is 62.3 Å². The molecule has 0 fully saturated rings. The Balaban J connectivity index is 0.00000312. The number of aromatic nitrogens is 2. The lowest BCUT2D eigenvalue weighted by Gasteiger charge is -1.96. The third-order valence-corrected chi connectivity index (χ3v) is 3.19. The molecule has 10 heteroatoms. The van der Waals surface area contributed by atoms with Crippen LogP contribution < -0.4 is 43.1 Å². The molecule has 0 atom stereocenters. The fraction of sp³-hybridized carbons (Fsp3) is 0.125. The van der Waals surface area contributed by atoms with Gasteiger partial charge in [-0.25, -0.2) is 0 Å². The Kier molecular flexibility index (Phi) is 11.2.